The number of amides is 2. The maximum atomic E-state index is 12.3. The maximum Gasteiger partial charge on any atom is 0.269 e. The van der Waals surface area contributed by atoms with E-state index in [0.717, 1.165) is 5.56 Å². The maximum absolute atomic E-state index is 12.3. The molecule has 0 aliphatic heterocycles. The zero-order valence-electron chi connectivity index (χ0n) is 17.9. The average molecular weight is 434 g/mol. The summed E-state index contributed by atoms with van der Waals surface area (Å²) in [7, 11) is 0. The van der Waals surface area contributed by atoms with Crippen LogP contribution in [0.2, 0.25) is 0 Å². The first-order valence-corrected chi connectivity index (χ1v) is 10.3. The molecule has 3 aromatic carbocycles. The number of hydrogen-bond donors (Lipinski definition) is 2. The third-order valence-electron chi connectivity index (χ3n) is 4.47. The molecule has 0 aliphatic carbocycles. The van der Waals surface area contributed by atoms with E-state index in [1.807, 2.05) is 37.3 Å². The van der Waals surface area contributed by atoms with E-state index < -0.39 is 11.8 Å². The van der Waals surface area contributed by atoms with Gasteiger partial charge in [-0.25, -0.2) is 0 Å². The van der Waals surface area contributed by atoms with E-state index in [1.54, 1.807) is 48.5 Å². The van der Waals surface area contributed by atoms with Crippen LogP contribution in [0.15, 0.2) is 78.9 Å². The number of ether oxygens (including phenoxy) is 3. The van der Waals surface area contributed by atoms with Gasteiger partial charge in [0.05, 0.1) is 6.61 Å². The van der Waals surface area contributed by atoms with E-state index in [2.05, 4.69) is 10.9 Å². The van der Waals surface area contributed by atoms with E-state index in [1.165, 1.54) is 0 Å². The van der Waals surface area contributed by atoms with E-state index in [-0.39, 0.29) is 0 Å². The summed E-state index contributed by atoms with van der Waals surface area (Å²) >= 11 is 0. The van der Waals surface area contributed by atoms with Gasteiger partial charge in [0.25, 0.3) is 11.8 Å². The fourth-order valence-electron chi connectivity index (χ4n) is 2.77. The van der Waals surface area contributed by atoms with Gasteiger partial charge in [-0.3, -0.25) is 20.4 Å². The molecule has 3 rings (SSSR count). The van der Waals surface area contributed by atoms with Gasteiger partial charge in [-0.15, -0.1) is 0 Å². The number of carbonyl (C=O) groups is 2. The second-order valence-corrected chi connectivity index (χ2v) is 6.78. The fraction of sp³-hybridized carbons (Fsp3) is 0.200. The first-order valence-electron chi connectivity index (χ1n) is 10.3. The van der Waals surface area contributed by atoms with Crippen molar-refractivity contribution in [3.05, 3.63) is 95.6 Å². The summed E-state index contributed by atoms with van der Waals surface area (Å²) in [6.45, 7) is 3.94. The van der Waals surface area contributed by atoms with Crippen LogP contribution >= 0.6 is 0 Å². The number of benzene rings is 3. The highest BCUT2D eigenvalue weighted by Crippen LogP contribution is 2.15. The lowest BCUT2D eigenvalue weighted by molar-refractivity contribution is 0.0846. The molecule has 0 bridgehead atoms. The molecule has 2 N–H and O–H groups in total. The Hall–Kier alpha value is -3.84. The van der Waals surface area contributed by atoms with Crippen LogP contribution in [0.25, 0.3) is 0 Å². The molecule has 7 nitrogen and oxygen atoms in total. The molecule has 3 aromatic rings. The van der Waals surface area contributed by atoms with E-state index >= 15 is 0 Å². The third-order valence-corrected chi connectivity index (χ3v) is 4.47. The minimum Gasteiger partial charge on any atom is -0.491 e. The number of hydrogen-bond acceptors (Lipinski definition) is 5. The summed E-state index contributed by atoms with van der Waals surface area (Å²) in [5.41, 5.74) is 6.67. The Morgan fingerprint density at radius 3 is 1.75 bits per heavy atom. The quantitative estimate of drug-likeness (QED) is 0.375. The molecule has 0 aliphatic rings. The van der Waals surface area contributed by atoms with Crippen molar-refractivity contribution in [2.75, 3.05) is 19.8 Å². The first kappa shape index (κ1) is 22.8. The highest BCUT2D eigenvalue weighted by atomic mass is 16.5. The zero-order chi connectivity index (χ0) is 22.6. The van der Waals surface area contributed by atoms with Crippen molar-refractivity contribution in [1.82, 2.24) is 10.9 Å². The molecule has 0 atom stereocenters. The van der Waals surface area contributed by atoms with Crippen LogP contribution in [0, 0.1) is 0 Å². The van der Waals surface area contributed by atoms with Gasteiger partial charge in [0.15, 0.2) is 0 Å². The van der Waals surface area contributed by atoms with E-state index in [9.17, 15) is 9.59 Å². The topological polar surface area (TPSA) is 85.9 Å². The summed E-state index contributed by atoms with van der Waals surface area (Å²) < 4.78 is 16.4. The van der Waals surface area contributed by atoms with Gasteiger partial charge >= 0.3 is 0 Å². The van der Waals surface area contributed by atoms with Gasteiger partial charge < -0.3 is 14.2 Å². The van der Waals surface area contributed by atoms with E-state index in [4.69, 9.17) is 14.2 Å². The summed E-state index contributed by atoms with van der Waals surface area (Å²) in [5, 5.41) is 0. The highest BCUT2D eigenvalue weighted by molar-refractivity contribution is 5.99. The standard InChI is InChI=1S/C25H26N2O5/c1-2-30-16-17-31-22-12-8-20(9-13-22)24(28)26-27-25(29)21-10-14-23(15-11-21)32-18-19-6-4-3-5-7-19/h3-15H,2,16-18H2,1H3,(H,26,28)(H,27,29). The predicted octanol–water partition coefficient (Wildman–Crippen LogP) is 3.76. The van der Waals surface area contributed by atoms with Gasteiger partial charge in [0.2, 0.25) is 0 Å². The molecule has 0 radical (unpaired) electrons. The minimum atomic E-state index is -0.429. The molecule has 166 valence electrons. The number of hydrazine groups is 1. The molecule has 2 amide bonds. The zero-order valence-corrected chi connectivity index (χ0v) is 17.9. The van der Waals surface area contributed by atoms with Gasteiger partial charge in [-0.05, 0) is 61.0 Å². The SMILES string of the molecule is CCOCCOc1ccc(C(=O)NNC(=O)c2ccc(OCc3ccccc3)cc2)cc1. The average Bonchev–Trinajstić information content (AvgIpc) is 2.85. The van der Waals surface area contributed by atoms with Crippen LogP contribution in [-0.4, -0.2) is 31.6 Å². The molecule has 0 fully saturated rings. The molecule has 0 saturated carbocycles. The fourth-order valence-corrected chi connectivity index (χ4v) is 2.77. The molecule has 32 heavy (non-hydrogen) atoms. The summed E-state index contributed by atoms with van der Waals surface area (Å²) in [6.07, 6.45) is 0. The Kier molecular flexibility index (Phi) is 8.65. The summed E-state index contributed by atoms with van der Waals surface area (Å²) in [5.74, 6) is 0.434. The van der Waals surface area contributed by atoms with Gasteiger partial charge in [0, 0.05) is 17.7 Å². The van der Waals surface area contributed by atoms with Crippen LogP contribution in [0.1, 0.15) is 33.2 Å². The third kappa shape index (κ3) is 7.14. The second-order valence-electron chi connectivity index (χ2n) is 6.78. The first-order chi connectivity index (χ1) is 15.7. The van der Waals surface area contributed by atoms with Crippen molar-refractivity contribution in [3.63, 3.8) is 0 Å². The van der Waals surface area contributed by atoms with Gasteiger partial charge in [0.1, 0.15) is 24.7 Å². The molecule has 0 heterocycles. The van der Waals surface area contributed by atoms with Crippen molar-refractivity contribution >= 4 is 11.8 Å². The molecule has 0 spiro atoms. The Balaban J connectivity index is 1.43. The lowest BCUT2D eigenvalue weighted by Crippen LogP contribution is -2.41. The lowest BCUT2D eigenvalue weighted by Gasteiger charge is -2.10. The largest absolute Gasteiger partial charge is 0.491 e. The van der Waals surface area contributed by atoms with E-state index in [0.29, 0.717) is 49.1 Å². The monoisotopic (exact) mass is 434 g/mol. The van der Waals surface area contributed by atoms with Crippen molar-refractivity contribution < 1.29 is 23.8 Å². The number of rotatable bonds is 10. The van der Waals surface area contributed by atoms with Crippen molar-refractivity contribution in [3.8, 4) is 11.5 Å². The minimum absolute atomic E-state index is 0.395. The normalized spacial score (nSPS) is 10.3. The van der Waals surface area contributed by atoms with Gasteiger partial charge in [-0.2, -0.15) is 0 Å². The lowest BCUT2D eigenvalue weighted by atomic mass is 10.2. The van der Waals surface area contributed by atoms with Crippen LogP contribution in [0.4, 0.5) is 0 Å². The molecule has 0 saturated heterocycles. The summed E-state index contributed by atoms with van der Waals surface area (Å²) in [4.78, 5) is 24.6. The molecule has 7 heteroatoms. The second kappa shape index (κ2) is 12.1. The summed E-state index contributed by atoms with van der Waals surface area (Å²) in [6, 6.07) is 23.1. The molecule has 0 unspecified atom stereocenters. The Morgan fingerprint density at radius 1 is 0.688 bits per heavy atom. The van der Waals surface area contributed by atoms with Crippen LogP contribution < -0.4 is 20.3 Å². The smallest absolute Gasteiger partial charge is 0.269 e. The van der Waals surface area contributed by atoms with Crippen molar-refractivity contribution in [1.29, 1.82) is 0 Å². The molecule has 0 aromatic heterocycles. The Bertz CT molecular complexity index is 989. The number of carbonyl (C=O) groups excluding carboxylic acids is 2. The predicted molar refractivity (Wildman–Crippen MR) is 121 cm³/mol. The van der Waals surface area contributed by atoms with Crippen molar-refractivity contribution in [2.24, 2.45) is 0 Å². The number of nitrogens with one attached hydrogen (secondary N) is 2. The van der Waals surface area contributed by atoms with Crippen LogP contribution in [0.3, 0.4) is 0 Å². The van der Waals surface area contributed by atoms with Crippen LogP contribution in [0.5, 0.6) is 11.5 Å². The Morgan fingerprint density at radius 2 is 1.22 bits per heavy atom. The Labute approximate surface area is 187 Å². The molecular weight excluding hydrogens is 408 g/mol. The van der Waals surface area contributed by atoms with Crippen LogP contribution in [-0.2, 0) is 11.3 Å². The highest BCUT2D eigenvalue weighted by Gasteiger charge is 2.10. The van der Waals surface area contributed by atoms with Gasteiger partial charge in [-0.1, -0.05) is 30.3 Å². The van der Waals surface area contributed by atoms with Crippen molar-refractivity contribution in [2.45, 2.75) is 13.5 Å². The molecular formula is C25H26N2O5.